The normalized spacial score (nSPS) is 13.3. The molecular weight excluding hydrogens is 257 g/mol. The summed E-state index contributed by atoms with van der Waals surface area (Å²) in [6.07, 6.45) is 2.21. The van der Waals surface area contributed by atoms with Crippen LogP contribution in [0.2, 0.25) is 10.3 Å². The summed E-state index contributed by atoms with van der Waals surface area (Å²) in [5.41, 5.74) is 0. The Labute approximate surface area is 102 Å². The van der Waals surface area contributed by atoms with Crippen molar-refractivity contribution in [2.45, 2.75) is 12.8 Å². The van der Waals surface area contributed by atoms with Gasteiger partial charge in [0.25, 0.3) is 0 Å². The Morgan fingerprint density at radius 3 is 2.12 bits per heavy atom. The molecule has 2 nitrogen and oxygen atoms in total. The van der Waals surface area contributed by atoms with Crippen LogP contribution in [0.4, 0.5) is 8.78 Å². The Hall–Kier alpha value is -0.920. The average molecular weight is 265 g/mol. The Balaban J connectivity index is 0.000000606. The van der Waals surface area contributed by atoms with Crippen molar-refractivity contribution in [1.29, 1.82) is 0 Å². The van der Waals surface area contributed by atoms with E-state index in [0.717, 1.165) is 12.8 Å². The first kappa shape index (κ1) is 13.1. The predicted molar refractivity (Wildman–Crippen MR) is 58.6 cm³/mol. The molecule has 0 N–H and O–H groups in total. The lowest BCUT2D eigenvalue weighted by atomic mass is 10.4. The average Bonchev–Trinajstić information content (AvgIpc) is 3.09. The summed E-state index contributed by atoms with van der Waals surface area (Å²) in [7, 11) is 0.500. The topological polar surface area (TPSA) is 25.8 Å². The molecule has 6 heteroatoms. The molecule has 1 aliphatic carbocycles. The third kappa shape index (κ3) is 3.58. The highest BCUT2D eigenvalue weighted by molar-refractivity contribution is 6.33. The summed E-state index contributed by atoms with van der Waals surface area (Å²) < 4.78 is 22.4. The van der Waals surface area contributed by atoms with Crippen molar-refractivity contribution in [3.8, 4) is 11.8 Å². The highest BCUT2D eigenvalue weighted by atomic mass is 35.5. The summed E-state index contributed by atoms with van der Waals surface area (Å²) >= 11 is 10.9. The molecule has 0 saturated heterocycles. The van der Waals surface area contributed by atoms with Gasteiger partial charge in [-0.15, -0.1) is 0 Å². The quantitative estimate of drug-likeness (QED) is 0.531. The minimum absolute atomic E-state index is 0.174. The van der Waals surface area contributed by atoms with Crippen LogP contribution in [-0.4, -0.2) is 17.1 Å². The Morgan fingerprint density at radius 1 is 1.19 bits per heavy atom. The van der Waals surface area contributed by atoms with Crippen molar-refractivity contribution < 1.29 is 8.78 Å². The zero-order valence-corrected chi connectivity index (χ0v) is 9.91. The fourth-order valence-corrected chi connectivity index (χ4v) is 1.23. The van der Waals surface area contributed by atoms with Crippen LogP contribution in [-0.2, 0) is 0 Å². The molecular formula is C10H8Cl2F2N2. The van der Waals surface area contributed by atoms with E-state index in [1.54, 1.807) is 0 Å². The van der Waals surface area contributed by atoms with Gasteiger partial charge in [0.15, 0.2) is 16.1 Å². The second kappa shape index (κ2) is 5.97. The molecule has 0 radical (unpaired) electrons. The van der Waals surface area contributed by atoms with Gasteiger partial charge in [-0.05, 0) is 18.8 Å². The van der Waals surface area contributed by atoms with Crippen LogP contribution < -0.4 is 0 Å². The van der Waals surface area contributed by atoms with Gasteiger partial charge in [0.2, 0.25) is 5.82 Å². The predicted octanol–water partition coefficient (Wildman–Crippen LogP) is 3.27. The lowest BCUT2D eigenvalue weighted by Gasteiger charge is -1.95. The summed E-state index contributed by atoms with van der Waals surface area (Å²) in [6, 6.07) is 0. The van der Waals surface area contributed by atoms with Crippen molar-refractivity contribution in [2.75, 3.05) is 7.18 Å². The van der Waals surface area contributed by atoms with Crippen LogP contribution in [0.5, 0.6) is 0 Å². The molecule has 0 spiro atoms. The second-order valence-electron chi connectivity index (χ2n) is 2.99. The standard InChI is InChI=1S/C9H5Cl2FN2.CH3F/c10-8-7(12)9(11)14-6(13-8)4-3-5-1-2-5;1-2/h5H,1-2H2;1H3. The third-order valence-electron chi connectivity index (χ3n) is 1.74. The first-order chi connectivity index (χ1) is 7.66. The van der Waals surface area contributed by atoms with Gasteiger partial charge in [0, 0.05) is 5.92 Å². The molecule has 86 valence electrons. The molecule has 1 aromatic heterocycles. The Morgan fingerprint density at radius 2 is 1.69 bits per heavy atom. The zero-order chi connectivity index (χ0) is 12.1. The Bertz CT molecular complexity index is 413. The number of aromatic nitrogens is 2. The van der Waals surface area contributed by atoms with Crippen LogP contribution >= 0.6 is 23.2 Å². The minimum Gasteiger partial charge on any atom is -0.255 e. The maximum absolute atomic E-state index is 12.9. The monoisotopic (exact) mass is 264 g/mol. The van der Waals surface area contributed by atoms with E-state index in [9.17, 15) is 8.78 Å². The van der Waals surface area contributed by atoms with Gasteiger partial charge in [-0.2, -0.15) is 0 Å². The maximum atomic E-state index is 12.9. The Kier molecular flexibility index (Phi) is 4.91. The smallest absolute Gasteiger partial charge is 0.207 e. The van der Waals surface area contributed by atoms with Crippen LogP contribution in [0, 0.1) is 23.6 Å². The fourth-order valence-electron chi connectivity index (χ4n) is 0.844. The lowest BCUT2D eigenvalue weighted by Crippen LogP contribution is -1.94. The van der Waals surface area contributed by atoms with E-state index in [-0.39, 0.29) is 16.1 Å². The van der Waals surface area contributed by atoms with E-state index in [0.29, 0.717) is 13.1 Å². The molecule has 0 bridgehead atoms. The first-order valence-corrected chi connectivity index (χ1v) is 5.20. The number of rotatable bonds is 0. The molecule has 16 heavy (non-hydrogen) atoms. The van der Waals surface area contributed by atoms with Crippen LogP contribution in [0.15, 0.2) is 0 Å². The second-order valence-corrected chi connectivity index (χ2v) is 3.70. The number of halogens is 4. The molecule has 1 aromatic rings. The largest absolute Gasteiger partial charge is 0.255 e. The van der Waals surface area contributed by atoms with Crippen molar-refractivity contribution in [3.05, 3.63) is 21.9 Å². The summed E-state index contributed by atoms with van der Waals surface area (Å²) in [5, 5.41) is -0.574. The van der Waals surface area contributed by atoms with Gasteiger partial charge in [0.1, 0.15) is 0 Å². The molecule has 1 heterocycles. The highest BCUT2D eigenvalue weighted by Crippen LogP contribution is 2.27. The number of nitrogens with zero attached hydrogens (tertiary/aromatic N) is 2. The van der Waals surface area contributed by atoms with Gasteiger partial charge >= 0.3 is 0 Å². The van der Waals surface area contributed by atoms with E-state index >= 15 is 0 Å². The van der Waals surface area contributed by atoms with Gasteiger partial charge in [-0.25, -0.2) is 14.4 Å². The summed E-state index contributed by atoms with van der Waals surface area (Å²) in [4.78, 5) is 7.31. The maximum Gasteiger partial charge on any atom is 0.207 e. The molecule has 0 amide bonds. The molecule has 0 aromatic carbocycles. The lowest BCUT2D eigenvalue weighted by molar-refractivity contribution is 0.613. The summed E-state index contributed by atoms with van der Waals surface area (Å²) in [5.74, 6) is 5.45. The number of alkyl halides is 1. The van der Waals surface area contributed by atoms with Crippen LogP contribution in [0.3, 0.4) is 0 Å². The van der Waals surface area contributed by atoms with E-state index in [4.69, 9.17) is 23.2 Å². The van der Waals surface area contributed by atoms with E-state index in [1.807, 2.05) is 0 Å². The molecule has 0 aliphatic heterocycles. The van der Waals surface area contributed by atoms with Crippen molar-refractivity contribution in [2.24, 2.45) is 5.92 Å². The van der Waals surface area contributed by atoms with Gasteiger partial charge in [0.05, 0.1) is 7.18 Å². The van der Waals surface area contributed by atoms with E-state index < -0.39 is 5.82 Å². The van der Waals surface area contributed by atoms with E-state index in [2.05, 4.69) is 21.8 Å². The molecule has 0 atom stereocenters. The molecule has 2 rings (SSSR count). The zero-order valence-electron chi connectivity index (χ0n) is 8.40. The molecule has 1 aliphatic rings. The fraction of sp³-hybridized carbons (Fsp3) is 0.400. The molecule has 1 saturated carbocycles. The van der Waals surface area contributed by atoms with Gasteiger partial charge in [-0.3, -0.25) is 4.39 Å². The van der Waals surface area contributed by atoms with Crippen LogP contribution in [0.25, 0.3) is 0 Å². The number of hydrogen-bond donors (Lipinski definition) is 0. The summed E-state index contributed by atoms with van der Waals surface area (Å²) in [6.45, 7) is 0. The van der Waals surface area contributed by atoms with E-state index in [1.165, 1.54) is 0 Å². The van der Waals surface area contributed by atoms with Gasteiger partial charge < -0.3 is 0 Å². The van der Waals surface area contributed by atoms with Crippen molar-refractivity contribution in [3.63, 3.8) is 0 Å². The van der Waals surface area contributed by atoms with Crippen molar-refractivity contribution >= 4 is 23.2 Å². The molecule has 1 fully saturated rings. The first-order valence-electron chi connectivity index (χ1n) is 4.44. The van der Waals surface area contributed by atoms with Gasteiger partial charge in [-0.1, -0.05) is 29.1 Å². The number of hydrogen-bond acceptors (Lipinski definition) is 2. The highest BCUT2D eigenvalue weighted by Gasteiger charge is 2.18. The third-order valence-corrected chi connectivity index (χ3v) is 2.24. The van der Waals surface area contributed by atoms with Crippen molar-refractivity contribution in [1.82, 2.24) is 9.97 Å². The SMILES string of the molecule is CF.Fc1c(Cl)nc(C#CC2CC2)nc1Cl. The van der Waals surface area contributed by atoms with Crippen LogP contribution in [0.1, 0.15) is 18.7 Å². The molecule has 0 unspecified atom stereocenters. The minimum atomic E-state index is -0.801.